The average Bonchev–Trinajstić information content (AvgIpc) is 3.34. The van der Waals surface area contributed by atoms with Gasteiger partial charge in [-0.1, -0.05) is 24.3 Å². The van der Waals surface area contributed by atoms with Crippen molar-refractivity contribution in [3.8, 4) is 0 Å². The Kier molecular flexibility index (Phi) is 21.8. The van der Waals surface area contributed by atoms with Crippen molar-refractivity contribution in [2.45, 2.75) is 178 Å². The standard InChI is InChI=1S/C44H66O25/c1-9-17(5)37(55)59-14-22-25(46)29(50)32(53)41(63-22)67-35-30(51)26(47)23(15-60-38(56)18(6)10-2)64-43(35)69-44-36(31(52)27(48)24(65-44)16-61-39(57)19(7)11-3)68-42-33(54)34(28(49)21(13-45)62-42)66-40(58)20(8)12-4/h9-12,21-36,41-54H,13-16H2,1-8H3/b17-9+,18-10+,19-11+,20-12+/t21-,22-,23-,24-,25-,26-,27-,28-,29+,30+,31+,32-,33-,34+,35-,36-,41+,42+,43-,44-/m0/s1. The smallest absolute Gasteiger partial charge is 0.333 e. The summed E-state index contributed by atoms with van der Waals surface area (Å²) in [7, 11) is 0. The predicted molar refractivity (Wildman–Crippen MR) is 227 cm³/mol. The van der Waals surface area contributed by atoms with E-state index in [2.05, 4.69) is 0 Å². The summed E-state index contributed by atoms with van der Waals surface area (Å²) in [6.07, 6.45) is -33.4. The molecule has 4 heterocycles. The van der Waals surface area contributed by atoms with Gasteiger partial charge in [-0.3, -0.25) is 0 Å². The first-order chi connectivity index (χ1) is 32.5. The van der Waals surface area contributed by atoms with E-state index >= 15 is 0 Å². The Morgan fingerprint density at radius 2 is 0.725 bits per heavy atom. The van der Waals surface area contributed by atoms with Gasteiger partial charge in [0.15, 0.2) is 31.3 Å². The zero-order valence-electron chi connectivity index (χ0n) is 39.3. The second kappa shape index (κ2) is 26.0. The van der Waals surface area contributed by atoms with Crippen LogP contribution in [0.5, 0.6) is 0 Å². The summed E-state index contributed by atoms with van der Waals surface area (Å²) in [4.78, 5) is 50.5. The summed E-state index contributed by atoms with van der Waals surface area (Å²) >= 11 is 0. The molecule has 10 N–H and O–H groups in total. The van der Waals surface area contributed by atoms with E-state index in [0.29, 0.717) is 0 Å². The topological polar surface area (TPSA) is 372 Å². The zero-order chi connectivity index (χ0) is 51.6. The van der Waals surface area contributed by atoms with Crippen molar-refractivity contribution in [3.05, 3.63) is 46.6 Å². The van der Waals surface area contributed by atoms with Crippen molar-refractivity contribution in [1.29, 1.82) is 0 Å². The van der Waals surface area contributed by atoms with Gasteiger partial charge in [-0.05, 0) is 55.4 Å². The van der Waals surface area contributed by atoms with Crippen LogP contribution in [0, 0.1) is 0 Å². The minimum atomic E-state index is -2.16. The Morgan fingerprint density at radius 1 is 0.391 bits per heavy atom. The van der Waals surface area contributed by atoms with E-state index in [1.54, 1.807) is 20.8 Å². The molecule has 392 valence electrons. The monoisotopic (exact) mass is 994 g/mol. The van der Waals surface area contributed by atoms with Crippen LogP contribution < -0.4 is 0 Å². The number of allylic oxidation sites excluding steroid dienone is 4. The molecule has 69 heavy (non-hydrogen) atoms. The first kappa shape index (κ1) is 57.7. The maximum Gasteiger partial charge on any atom is 0.333 e. The number of rotatable bonds is 18. The molecule has 4 aliphatic heterocycles. The fourth-order valence-corrected chi connectivity index (χ4v) is 7.01. The van der Waals surface area contributed by atoms with Crippen LogP contribution in [0.2, 0.25) is 0 Å². The molecule has 0 aliphatic carbocycles. The summed E-state index contributed by atoms with van der Waals surface area (Å²) in [5.74, 6) is -3.50. The van der Waals surface area contributed by atoms with Crippen LogP contribution in [0.15, 0.2) is 46.6 Å². The number of carbonyl (C=O) groups excluding carboxylic acids is 4. The molecule has 4 aliphatic rings. The lowest BCUT2D eigenvalue weighted by atomic mass is 9.96. The minimum absolute atomic E-state index is 0.0693. The van der Waals surface area contributed by atoms with Gasteiger partial charge in [-0.25, -0.2) is 19.2 Å². The molecule has 0 unspecified atom stereocenters. The number of ether oxygens (including phenoxy) is 11. The molecule has 0 amide bonds. The Bertz CT molecular complexity index is 1870. The van der Waals surface area contributed by atoms with Crippen LogP contribution in [-0.4, -0.2) is 224 Å². The number of hydrogen-bond donors (Lipinski definition) is 10. The van der Waals surface area contributed by atoms with E-state index < -0.39 is 173 Å². The Morgan fingerprint density at radius 3 is 1.10 bits per heavy atom. The summed E-state index contributed by atoms with van der Waals surface area (Å²) in [5, 5.41) is 111. The molecule has 0 aromatic heterocycles. The minimum Gasteiger partial charge on any atom is -0.459 e. The molecule has 4 fully saturated rings. The van der Waals surface area contributed by atoms with E-state index in [1.807, 2.05) is 0 Å². The fourth-order valence-electron chi connectivity index (χ4n) is 7.01. The van der Waals surface area contributed by atoms with Crippen LogP contribution in [0.3, 0.4) is 0 Å². The van der Waals surface area contributed by atoms with Gasteiger partial charge >= 0.3 is 23.9 Å². The first-order valence-electron chi connectivity index (χ1n) is 22.1. The zero-order valence-corrected chi connectivity index (χ0v) is 39.3. The van der Waals surface area contributed by atoms with E-state index in [1.165, 1.54) is 58.9 Å². The Balaban J connectivity index is 1.76. The molecule has 0 saturated carbocycles. The van der Waals surface area contributed by atoms with Gasteiger partial charge in [0.1, 0.15) is 111 Å². The molecule has 0 aromatic carbocycles. The lowest BCUT2D eigenvalue weighted by molar-refractivity contribution is -0.414. The summed E-state index contributed by atoms with van der Waals surface area (Å²) in [5.41, 5.74) is 0.551. The highest BCUT2D eigenvalue weighted by Gasteiger charge is 2.56. The SMILES string of the molecule is C/C=C(\C)C(=O)OC[C@@H]1O[C@H](O[C@@H]2[C@H](O[C@@H]3O[C@@H](COC(=O)/C(C)=C/C)[C@H](O)[C@@H](O)[C@@H]3O[C@H]3O[C@@H](CO)[C@H](O)[C@@H](OC(=O)/C(C)=C/C)[C@@H]3O)O[C@@H](COC(=O)/C(C)=C/C)[C@H](O)[C@H]2O)[C@@H](O)[C@H](O)[C@H]1O. The maximum atomic E-state index is 12.8. The van der Waals surface area contributed by atoms with Gasteiger partial charge in [-0.15, -0.1) is 0 Å². The molecular weight excluding hydrogens is 928 g/mol. The number of aliphatic hydroxyl groups is 10. The molecule has 25 heteroatoms. The van der Waals surface area contributed by atoms with Crippen LogP contribution in [0.4, 0.5) is 0 Å². The van der Waals surface area contributed by atoms with Crippen molar-refractivity contribution >= 4 is 23.9 Å². The second-order valence-corrected chi connectivity index (χ2v) is 16.7. The third-order valence-corrected chi connectivity index (χ3v) is 12.0. The van der Waals surface area contributed by atoms with Gasteiger partial charge in [0, 0.05) is 22.3 Å². The summed E-state index contributed by atoms with van der Waals surface area (Å²) in [6, 6.07) is 0. The molecular formula is C44H66O25. The van der Waals surface area contributed by atoms with Gasteiger partial charge in [0.05, 0.1) is 6.61 Å². The van der Waals surface area contributed by atoms with Crippen LogP contribution in [0.1, 0.15) is 55.4 Å². The van der Waals surface area contributed by atoms with Gasteiger partial charge in [0.25, 0.3) is 0 Å². The van der Waals surface area contributed by atoms with Crippen LogP contribution >= 0.6 is 0 Å². The lowest BCUT2D eigenvalue weighted by Gasteiger charge is -2.49. The Hall–Kier alpha value is -3.84. The van der Waals surface area contributed by atoms with Crippen molar-refractivity contribution in [1.82, 2.24) is 0 Å². The number of aliphatic hydroxyl groups excluding tert-OH is 10. The normalized spacial score (nSPS) is 39.3. The average molecular weight is 995 g/mol. The van der Waals surface area contributed by atoms with E-state index in [4.69, 9.17) is 52.1 Å². The predicted octanol–water partition coefficient (Wildman–Crippen LogP) is -3.68. The second-order valence-electron chi connectivity index (χ2n) is 16.7. The van der Waals surface area contributed by atoms with Crippen LogP contribution in [0.25, 0.3) is 0 Å². The van der Waals surface area contributed by atoms with E-state index in [0.717, 1.165) is 0 Å². The Labute approximate surface area is 396 Å². The maximum absolute atomic E-state index is 12.8. The van der Waals surface area contributed by atoms with E-state index in [9.17, 15) is 70.2 Å². The van der Waals surface area contributed by atoms with Crippen molar-refractivity contribution in [2.75, 3.05) is 26.4 Å². The van der Waals surface area contributed by atoms with Gasteiger partial charge in [-0.2, -0.15) is 0 Å². The fraction of sp³-hybridized carbons (Fsp3) is 0.727. The van der Waals surface area contributed by atoms with Gasteiger partial charge < -0.3 is 103 Å². The van der Waals surface area contributed by atoms with Crippen LogP contribution in [-0.2, 0) is 71.3 Å². The highest BCUT2D eigenvalue weighted by molar-refractivity contribution is 5.89. The third-order valence-electron chi connectivity index (χ3n) is 12.0. The molecule has 20 atom stereocenters. The van der Waals surface area contributed by atoms with Gasteiger partial charge in [0.2, 0.25) is 0 Å². The molecule has 4 rings (SSSR count). The van der Waals surface area contributed by atoms with Crippen molar-refractivity contribution in [2.24, 2.45) is 0 Å². The molecule has 4 saturated heterocycles. The summed E-state index contributed by atoms with van der Waals surface area (Å²) in [6.45, 7) is 8.77. The number of carbonyl (C=O) groups is 4. The molecule has 0 bridgehead atoms. The largest absolute Gasteiger partial charge is 0.459 e. The number of hydrogen-bond acceptors (Lipinski definition) is 25. The number of esters is 4. The van der Waals surface area contributed by atoms with E-state index in [-0.39, 0.29) is 22.3 Å². The van der Waals surface area contributed by atoms with Crippen molar-refractivity contribution < 1.29 is 122 Å². The quantitative estimate of drug-likeness (QED) is 0.0359. The highest BCUT2D eigenvalue weighted by Crippen LogP contribution is 2.36. The molecule has 0 radical (unpaired) electrons. The van der Waals surface area contributed by atoms with Crippen molar-refractivity contribution in [3.63, 3.8) is 0 Å². The summed E-state index contributed by atoms with van der Waals surface area (Å²) < 4.78 is 62.5. The first-order valence-corrected chi connectivity index (χ1v) is 22.1. The lowest BCUT2D eigenvalue weighted by Crippen LogP contribution is -2.68. The molecule has 25 nitrogen and oxygen atoms in total. The highest BCUT2D eigenvalue weighted by atomic mass is 16.8. The molecule has 0 spiro atoms. The third kappa shape index (κ3) is 14.0. The molecule has 0 aromatic rings.